The van der Waals surface area contributed by atoms with E-state index in [1.54, 1.807) is 12.1 Å². The van der Waals surface area contributed by atoms with E-state index < -0.39 is 22.8 Å². The fraction of sp³-hybridized carbons (Fsp3) is 0.333. The van der Waals surface area contributed by atoms with Crippen molar-refractivity contribution in [1.29, 1.82) is 0 Å². The molecule has 0 aliphatic carbocycles. The Labute approximate surface area is 230 Å². The average molecular weight is 549 g/mol. The number of ether oxygens (including phenoxy) is 2. The minimum Gasteiger partial charge on any atom is -0.494 e. The summed E-state index contributed by atoms with van der Waals surface area (Å²) in [7, 11) is 1.50. The third-order valence-corrected chi connectivity index (χ3v) is 7.10. The van der Waals surface area contributed by atoms with Crippen LogP contribution in [0.15, 0.2) is 48.5 Å². The van der Waals surface area contributed by atoms with E-state index in [2.05, 4.69) is 20.5 Å². The number of pyridine rings is 1. The first kappa shape index (κ1) is 27.5. The number of amides is 1. The van der Waals surface area contributed by atoms with Crippen LogP contribution in [-0.4, -0.2) is 46.5 Å². The number of nitrogens with zero attached hydrogens (tertiary/aromatic N) is 3. The summed E-state index contributed by atoms with van der Waals surface area (Å²) in [5.41, 5.74) is -0.295. The van der Waals surface area contributed by atoms with Crippen LogP contribution in [0.2, 0.25) is 0 Å². The molecule has 1 aliphatic heterocycles. The SMILES string of the molecule is COc1cc(C(=O)NC[C@]2(c3cc(C(C)(C)O)c(F)c(-c4ccc(F)cc4)n3)CCCO2)cc2cc(C)nnc12. The van der Waals surface area contributed by atoms with E-state index in [1.165, 1.54) is 51.3 Å². The van der Waals surface area contributed by atoms with Crippen LogP contribution in [0.5, 0.6) is 5.75 Å². The number of carbonyl (C=O) groups excluding carboxylic acids is 1. The summed E-state index contributed by atoms with van der Waals surface area (Å²) >= 11 is 0. The molecule has 1 fully saturated rings. The van der Waals surface area contributed by atoms with Crippen molar-refractivity contribution in [2.45, 2.75) is 44.8 Å². The molecule has 0 spiro atoms. The fourth-order valence-corrected chi connectivity index (χ4v) is 4.98. The van der Waals surface area contributed by atoms with Gasteiger partial charge in [0.05, 0.1) is 30.6 Å². The van der Waals surface area contributed by atoms with Gasteiger partial charge in [-0.1, -0.05) is 0 Å². The van der Waals surface area contributed by atoms with Crippen LogP contribution in [0.3, 0.4) is 0 Å². The maximum Gasteiger partial charge on any atom is 0.251 e. The van der Waals surface area contributed by atoms with Crippen molar-refractivity contribution >= 4 is 16.8 Å². The summed E-state index contributed by atoms with van der Waals surface area (Å²) in [6.45, 7) is 5.23. The van der Waals surface area contributed by atoms with E-state index in [0.717, 1.165) is 0 Å². The van der Waals surface area contributed by atoms with E-state index in [1.807, 2.05) is 13.0 Å². The van der Waals surface area contributed by atoms with E-state index >= 15 is 4.39 Å². The lowest BCUT2D eigenvalue weighted by Gasteiger charge is -2.31. The predicted molar refractivity (Wildman–Crippen MR) is 145 cm³/mol. The molecule has 0 bridgehead atoms. The zero-order valence-electron chi connectivity index (χ0n) is 22.7. The van der Waals surface area contributed by atoms with Crippen molar-refractivity contribution in [2.24, 2.45) is 0 Å². The molecule has 10 heteroatoms. The minimum absolute atomic E-state index is 0.0220. The Kier molecular flexibility index (Phi) is 7.24. The second kappa shape index (κ2) is 10.5. The van der Waals surface area contributed by atoms with E-state index in [9.17, 15) is 14.3 Å². The number of halogens is 2. The Morgan fingerprint density at radius 3 is 2.55 bits per heavy atom. The lowest BCUT2D eigenvalue weighted by atomic mass is 9.89. The first-order valence-corrected chi connectivity index (χ1v) is 12.9. The highest BCUT2D eigenvalue weighted by molar-refractivity contribution is 5.99. The van der Waals surface area contributed by atoms with Crippen LogP contribution in [0.4, 0.5) is 8.78 Å². The molecule has 2 aromatic heterocycles. The van der Waals surface area contributed by atoms with Crippen LogP contribution in [0.1, 0.15) is 54.0 Å². The molecule has 1 saturated heterocycles. The van der Waals surface area contributed by atoms with Crippen molar-refractivity contribution in [3.05, 3.63) is 82.7 Å². The number of fused-ring (bicyclic) bond motifs is 1. The first-order chi connectivity index (χ1) is 19.0. The predicted octanol–water partition coefficient (Wildman–Crippen LogP) is 4.95. The highest BCUT2D eigenvalue weighted by atomic mass is 19.1. The number of rotatable bonds is 7. The van der Waals surface area contributed by atoms with Crippen molar-refractivity contribution in [3.63, 3.8) is 0 Å². The van der Waals surface area contributed by atoms with E-state index in [4.69, 9.17) is 9.47 Å². The summed E-state index contributed by atoms with van der Waals surface area (Å²) < 4.78 is 40.9. The molecule has 2 N–H and O–H groups in total. The van der Waals surface area contributed by atoms with Gasteiger partial charge in [0.25, 0.3) is 5.91 Å². The van der Waals surface area contributed by atoms with Gasteiger partial charge in [-0.15, -0.1) is 5.10 Å². The lowest BCUT2D eigenvalue weighted by molar-refractivity contribution is -0.00266. The zero-order chi connectivity index (χ0) is 28.7. The average Bonchev–Trinajstić information content (AvgIpc) is 3.41. The van der Waals surface area contributed by atoms with Gasteiger partial charge in [-0.2, -0.15) is 5.10 Å². The van der Waals surface area contributed by atoms with E-state index in [0.29, 0.717) is 58.6 Å². The van der Waals surface area contributed by atoms with Crippen molar-refractivity contribution in [1.82, 2.24) is 20.5 Å². The molecule has 3 heterocycles. The van der Waals surface area contributed by atoms with Crippen LogP contribution >= 0.6 is 0 Å². The number of hydrogen-bond acceptors (Lipinski definition) is 7. The van der Waals surface area contributed by atoms with Crippen LogP contribution in [0.25, 0.3) is 22.2 Å². The fourth-order valence-electron chi connectivity index (χ4n) is 4.98. The van der Waals surface area contributed by atoms with Gasteiger partial charge in [0.2, 0.25) is 0 Å². The normalized spacial score (nSPS) is 17.3. The lowest BCUT2D eigenvalue weighted by Crippen LogP contribution is -2.41. The second-order valence-corrected chi connectivity index (χ2v) is 10.5. The molecule has 4 aromatic rings. The van der Waals surface area contributed by atoms with Crippen molar-refractivity contribution < 1.29 is 28.2 Å². The molecule has 40 heavy (non-hydrogen) atoms. The van der Waals surface area contributed by atoms with Gasteiger partial charge in [-0.3, -0.25) is 4.79 Å². The molecule has 1 aliphatic rings. The molecule has 208 valence electrons. The Balaban J connectivity index is 1.52. The number of carbonyl (C=O) groups is 1. The smallest absolute Gasteiger partial charge is 0.251 e. The summed E-state index contributed by atoms with van der Waals surface area (Å²) in [5.74, 6) is -1.12. The summed E-state index contributed by atoms with van der Waals surface area (Å²) in [5, 5.41) is 22.7. The molecule has 0 saturated carbocycles. The molecule has 8 nitrogen and oxygen atoms in total. The molecule has 2 aromatic carbocycles. The number of hydrogen-bond donors (Lipinski definition) is 2. The van der Waals surface area contributed by atoms with Gasteiger partial charge in [-0.05, 0) is 82.1 Å². The number of aryl methyl sites for hydroxylation is 1. The number of aliphatic hydroxyl groups is 1. The minimum atomic E-state index is -1.54. The van der Waals surface area contributed by atoms with E-state index in [-0.39, 0.29) is 23.7 Å². The van der Waals surface area contributed by atoms with Gasteiger partial charge < -0.3 is 19.9 Å². The molecular weight excluding hydrogens is 518 g/mol. The summed E-state index contributed by atoms with van der Waals surface area (Å²) in [6, 6.07) is 11.9. The van der Waals surface area contributed by atoms with Gasteiger partial charge in [0.15, 0.2) is 5.82 Å². The molecule has 0 unspecified atom stereocenters. The Morgan fingerprint density at radius 1 is 1.15 bits per heavy atom. The van der Waals surface area contributed by atoms with Crippen molar-refractivity contribution in [3.8, 4) is 17.0 Å². The maximum atomic E-state index is 15.7. The maximum absolute atomic E-state index is 15.7. The Hall–Kier alpha value is -4.02. The van der Waals surface area contributed by atoms with Crippen LogP contribution < -0.4 is 10.1 Å². The molecule has 0 radical (unpaired) electrons. The van der Waals surface area contributed by atoms with Gasteiger partial charge in [0, 0.05) is 28.7 Å². The second-order valence-electron chi connectivity index (χ2n) is 10.5. The number of aromatic nitrogens is 3. The Morgan fingerprint density at radius 2 is 1.90 bits per heavy atom. The number of nitrogens with one attached hydrogen (secondary N) is 1. The standard InChI is InChI=1S/C30H30F2N4O4/c1-17-12-19-13-20(14-23(39-4)26(19)36-35-17)28(37)33-16-30(10-5-11-40-30)24-15-22(29(2,3)38)25(32)27(34-24)18-6-8-21(31)9-7-18/h6-9,12-15,38H,5,10-11,16H2,1-4H3,(H,33,37)/t30-/m0/s1. The number of methoxy groups -OCH3 is 1. The van der Waals surface area contributed by atoms with Gasteiger partial charge in [0.1, 0.15) is 28.4 Å². The molecule has 1 atom stereocenters. The zero-order valence-corrected chi connectivity index (χ0v) is 22.7. The Bertz CT molecular complexity index is 1580. The van der Waals surface area contributed by atoms with Crippen molar-refractivity contribution in [2.75, 3.05) is 20.3 Å². The van der Waals surface area contributed by atoms with Crippen LogP contribution in [0, 0.1) is 18.6 Å². The third-order valence-electron chi connectivity index (χ3n) is 7.10. The monoisotopic (exact) mass is 548 g/mol. The quantitative estimate of drug-likeness (QED) is 0.337. The summed E-state index contributed by atoms with van der Waals surface area (Å²) in [4.78, 5) is 18.0. The largest absolute Gasteiger partial charge is 0.494 e. The number of benzene rings is 2. The third kappa shape index (κ3) is 5.24. The highest BCUT2D eigenvalue weighted by Gasteiger charge is 2.41. The topological polar surface area (TPSA) is 106 Å². The molecule has 1 amide bonds. The highest BCUT2D eigenvalue weighted by Crippen LogP contribution is 2.39. The van der Waals surface area contributed by atoms with Crippen LogP contribution in [-0.2, 0) is 15.9 Å². The van der Waals surface area contributed by atoms with Gasteiger partial charge in [-0.25, -0.2) is 13.8 Å². The van der Waals surface area contributed by atoms with Gasteiger partial charge >= 0.3 is 0 Å². The summed E-state index contributed by atoms with van der Waals surface area (Å²) in [6.07, 6.45) is 1.20. The molecular formula is C30H30F2N4O4. The molecule has 5 rings (SSSR count). The first-order valence-electron chi connectivity index (χ1n) is 12.9.